The van der Waals surface area contributed by atoms with Crippen LogP contribution in [0.1, 0.15) is 26.3 Å². The second-order valence-electron chi connectivity index (χ2n) is 5.90. The largest absolute Gasteiger partial charge is 0.321 e. The molecule has 1 amide bonds. The Hall–Kier alpha value is -2.25. The van der Waals surface area contributed by atoms with Gasteiger partial charge in [0.05, 0.1) is 4.90 Å². The van der Waals surface area contributed by atoms with Gasteiger partial charge in [-0.1, -0.05) is 26.8 Å². The Balaban J connectivity index is 2.11. The highest BCUT2D eigenvalue weighted by molar-refractivity contribution is 7.89. The molecule has 0 aliphatic carbocycles. The lowest BCUT2D eigenvalue weighted by atomic mass is 10.2. The van der Waals surface area contributed by atoms with Crippen molar-refractivity contribution in [3.05, 3.63) is 54.4 Å². The molecular formula is C19H26N3O3S+. The maximum absolute atomic E-state index is 12.6. The average molecular weight is 377 g/mol. The van der Waals surface area contributed by atoms with Crippen LogP contribution in [0.15, 0.2) is 53.7 Å². The molecule has 0 saturated heterocycles. The fourth-order valence-corrected chi connectivity index (χ4v) is 4.15. The molecule has 1 aromatic carbocycles. The summed E-state index contributed by atoms with van der Waals surface area (Å²) >= 11 is 0. The first-order valence-electron chi connectivity index (χ1n) is 8.78. The molecule has 2 rings (SSSR count). The van der Waals surface area contributed by atoms with Crippen molar-refractivity contribution < 1.29 is 17.8 Å². The molecule has 2 aromatic rings. The van der Waals surface area contributed by atoms with Gasteiger partial charge in [-0.15, -0.1) is 0 Å². The molecule has 7 heteroatoms. The molecule has 0 unspecified atom stereocenters. The summed E-state index contributed by atoms with van der Waals surface area (Å²) in [6, 6.07) is 10.3. The summed E-state index contributed by atoms with van der Waals surface area (Å²) in [6.07, 6.45) is 4.67. The maximum Gasteiger partial charge on any atom is 0.290 e. The predicted molar refractivity (Wildman–Crippen MR) is 101 cm³/mol. The molecule has 1 aromatic heterocycles. The third kappa shape index (κ3) is 4.89. The van der Waals surface area contributed by atoms with Gasteiger partial charge in [0.15, 0.2) is 12.4 Å². The van der Waals surface area contributed by atoms with Gasteiger partial charge in [-0.3, -0.25) is 4.79 Å². The van der Waals surface area contributed by atoms with Gasteiger partial charge in [0, 0.05) is 30.9 Å². The number of sulfonamides is 1. The van der Waals surface area contributed by atoms with Crippen LogP contribution in [0.2, 0.25) is 0 Å². The molecule has 0 saturated carbocycles. The van der Waals surface area contributed by atoms with Crippen molar-refractivity contribution in [2.24, 2.45) is 0 Å². The molecule has 140 valence electrons. The smallest absolute Gasteiger partial charge is 0.290 e. The highest BCUT2D eigenvalue weighted by Crippen LogP contribution is 2.19. The van der Waals surface area contributed by atoms with E-state index in [0.717, 1.165) is 6.42 Å². The van der Waals surface area contributed by atoms with Crippen molar-refractivity contribution in [1.82, 2.24) is 4.31 Å². The van der Waals surface area contributed by atoms with E-state index in [9.17, 15) is 13.2 Å². The van der Waals surface area contributed by atoms with Gasteiger partial charge in [-0.05, 0) is 30.2 Å². The minimum Gasteiger partial charge on any atom is -0.321 e. The topological polar surface area (TPSA) is 70.4 Å². The van der Waals surface area contributed by atoms with E-state index in [0.29, 0.717) is 18.8 Å². The van der Waals surface area contributed by atoms with Gasteiger partial charge in [-0.2, -0.15) is 8.87 Å². The summed E-state index contributed by atoms with van der Waals surface area (Å²) in [4.78, 5) is 12.4. The van der Waals surface area contributed by atoms with Crippen LogP contribution in [0, 0.1) is 0 Å². The van der Waals surface area contributed by atoms with E-state index >= 15 is 0 Å². The standard InChI is InChI=1S/C19H25N3O3S/c1-4-16-10-12-21(13-11-16)15-19(23)20-17-8-7-9-18(14-17)26(24,25)22(5-2)6-3/h7-14H,4-6,15H2,1-3H3/p+1. The molecule has 26 heavy (non-hydrogen) atoms. The minimum absolute atomic E-state index is 0.164. The van der Waals surface area contributed by atoms with Crippen LogP contribution in [0.5, 0.6) is 0 Å². The average Bonchev–Trinajstić information content (AvgIpc) is 2.63. The number of carbonyl (C=O) groups excluding carboxylic acids is 1. The van der Waals surface area contributed by atoms with E-state index in [1.54, 1.807) is 36.6 Å². The number of hydrogen-bond donors (Lipinski definition) is 1. The summed E-state index contributed by atoms with van der Waals surface area (Å²) in [5, 5.41) is 2.76. The first-order valence-corrected chi connectivity index (χ1v) is 10.2. The lowest BCUT2D eigenvalue weighted by Gasteiger charge is -2.18. The Kier molecular flexibility index (Phi) is 6.88. The van der Waals surface area contributed by atoms with Crippen molar-refractivity contribution in [3.63, 3.8) is 0 Å². The number of hydrogen-bond acceptors (Lipinski definition) is 3. The molecule has 0 atom stereocenters. The first kappa shape index (κ1) is 20.1. The van der Waals surface area contributed by atoms with Gasteiger partial charge in [-0.25, -0.2) is 8.42 Å². The van der Waals surface area contributed by atoms with Crippen molar-refractivity contribution in [1.29, 1.82) is 0 Å². The van der Waals surface area contributed by atoms with Crippen LogP contribution in [-0.2, 0) is 27.8 Å². The van der Waals surface area contributed by atoms with Gasteiger partial charge in [0.2, 0.25) is 16.6 Å². The Morgan fingerprint density at radius 1 is 1.08 bits per heavy atom. The summed E-state index contributed by atoms with van der Waals surface area (Å²) in [6.45, 7) is 6.64. The Morgan fingerprint density at radius 3 is 2.31 bits per heavy atom. The molecule has 0 aliphatic heterocycles. The number of carbonyl (C=O) groups is 1. The Bertz CT molecular complexity index is 845. The summed E-state index contributed by atoms with van der Waals surface area (Å²) in [5.41, 5.74) is 1.67. The van der Waals surface area contributed by atoms with Crippen molar-refractivity contribution in [2.75, 3.05) is 18.4 Å². The maximum atomic E-state index is 12.6. The quantitative estimate of drug-likeness (QED) is 0.718. The highest BCUT2D eigenvalue weighted by Gasteiger charge is 2.22. The number of benzene rings is 1. The van der Waals surface area contributed by atoms with Crippen LogP contribution < -0.4 is 9.88 Å². The van der Waals surface area contributed by atoms with E-state index in [1.165, 1.54) is 15.9 Å². The zero-order valence-corrected chi connectivity index (χ0v) is 16.3. The predicted octanol–water partition coefficient (Wildman–Crippen LogP) is 2.21. The molecule has 0 fully saturated rings. The fourth-order valence-electron chi connectivity index (χ4n) is 2.64. The van der Waals surface area contributed by atoms with Crippen LogP contribution in [0.25, 0.3) is 0 Å². The van der Waals surface area contributed by atoms with E-state index in [2.05, 4.69) is 12.2 Å². The lowest BCUT2D eigenvalue weighted by molar-refractivity contribution is -0.684. The zero-order valence-electron chi connectivity index (χ0n) is 15.5. The summed E-state index contributed by atoms with van der Waals surface area (Å²) < 4.78 is 28.4. The number of nitrogens with one attached hydrogen (secondary N) is 1. The van der Waals surface area contributed by atoms with E-state index in [4.69, 9.17) is 0 Å². The van der Waals surface area contributed by atoms with E-state index < -0.39 is 10.0 Å². The Morgan fingerprint density at radius 2 is 1.73 bits per heavy atom. The molecule has 1 heterocycles. The molecule has 0 bridgehead atoms. The normalized spacial score (nSPS) is 11.5. The third-order valence-electron chi connectivity index (χ3n) is 4.16. The van der Waals surface area contributed by atoms with Crippen LogP contribution >= 0.6 is 0 Å². The third-order valence-corrected chi connectivity index (χ3v) is 6.20. The van der Waals surface area contributed by atoms with Crippen LogP contribution in [-0.4, -0.2) is 31.7 Å². The molecule has 0 spiro atoms. The van der Waals surface area contributed by atoms with Crippen molar-refractivity contribution >= 4 is 21.6 Å². The van der Waals surface area contributed by atoms with Gasteiger partial charge >= 0.3 is 0 Å². The fraction of sp³-hybridized carbons (Fsp3) is 0.368. The second-order valence-corrected chi connectivity index (χ2v) is 7.84. The Labute approximate surface area is 155 Å². The number of pyridine rings is 1. The highest BCUT2D eigenvalue weighted by atomic mass is 32.2. The van der Waals surface area contributed by atoms with Crippen LogP contribution in [0.3, 0.4) is 0 Å². The molecule has 6 nitrogen and oxygen atoms in total. The summed E-state index contributed by atoms with van der Waals surface area (Å²) in [7, 11) is -3.55. The number of rotatable bonds is 8. The van der Waals surface area contributed by atoms with Gasteiger partial charge in [0.1, 0.15) is 0 Å². The molecule has 0 radical (unpaired) electrons. The van der Waals surface area contributed by atoms with Crippen molar-refractivity contribution in [2.45, 2.75) is 38.6 Å². The SMILES string of the molecule is CCc1cc[n+](CC(=O)Nc2cccc(S(=O)(=O)N(CC)CC)c2)cc1. The number of anilines is 1. The number of nitrogens with zero attached hydrogens (tertiary/aromatic N) is 2. The first-order chi connectivity index (χ1) is 12.4. The lowest BCUT2D eigenvalue weighted by Crippen LogP contribution is -2.39. The number of amides is 1. The number of aryl methyl sites for hydroxylation is 1. The zero-order chi connectivity index (χ0) is 19.2. The second kappa shape index (κ2) is 8.91. The van der Waals surface area contributed by atoms with Crippen molar-refractivity contribution in [3.8, 4) is 0 Å². The van der Waals surface area contributed by atoms with Gasteiger partial charge < -0.3 is 5.32 Å². The van der Waals surface area contributed by atoms with Gasteiger partial charge in [0.25, 0.3) is 5.91 Å². The van der Waals surface area contributed by atoms with Crippen LogP contribution in [0.4, 0.5) is 5.69 Å². The minimum atomic E-state index is -3.55. The van der Waals surface area contributed by atoms with E-state index in [-0.39, 0.29) is 17.3 Å². The molecular weight excluding hydrogens is 350 g/mol. The summed E-state index contributed by atoms with van der Waals surface area (Å²) in [5.74, 6) is -0.211. The number of aromatic nitrogens is 1. The van der Waals surface area contributed by atoms with E-state index in [1.807, 2.05) is 24.5 Å². The molecule has 1 N–H and O–H groups in total. The molecule has 0 aliphatic rings. The monoisotopic (exact) mass is 376 g/mol.